The SMILES string of the molecule is O=C(C1CCN(S(=O)(=O)c2ccccc2F)CC1)N1CCN(CCc2cccs2)CC1. The number of carbonyl (C=O) groups is 1. The number of rotatable bonds is 6. The summed E-state index contributed by atoms with van der Waals surface area (Å²) in [6.07, 6.45) is 2.00. The zero-order chi connectivity index (χ0) is 21.8. The molecule has 2 aromatic rings. The zero-order valence-corrected chi connectivity index (χ0v) is 19.1. The van der Waals surface area contributed by atoms with Crippen molar-refractivity contribution in [3.05, 3.63) is 52.5 Å². The van der Waals surface area contributed by atoms with Gasteiger partial charge >= 0.3 is 0 Å². The average molecular weight is 466 g/mol. The first kappa shape index (κ1) is 22.4. The number of halogens is 1. The van der Waals surface area contributed by atoms with E-state index in [0.717, 1.165) is 45.2 Å². The number of amides is 1. The Balaban J connectivity index is 1.26. The van der Waals surface area contributed by atoms with E-state index in [4.69, 9.17) is 0 Å². The molecule has 0 bridgehead atoms. The molecule has 2 saturated heterocycles. The van der Waals surface area contributed by atoms with Crippen molar-refractivity contribution in [2.45, 2.75) is 24.2 Å². The lowest BCUT2D eigenvalue weighted by Gasteiger charge is -2.38. The Labute approximate surface area is 187 Å². The highest BCUT2D eigenvalue weighted by atomic mass is 32.2. The number of hydrogen-bond acceptors (Lipinski definition) is 5. The molecule has 0 N–H and O–H groups in total. The fourth-order valence-electron chi connectivity index (χ4n) is 4.31. The first-order valence-corrected chi connectivity index (χ1v) is 13.1. The quantitative estimate of drug-likeness (QED) is 0.658. The molecule has 0 spiro atoms. The third-order valence-electron chi connectivity index (χ3n) is 6.20. The first-order chi connectivity index (χ1) is 14.9. The second kappa shape index (κ2) is 9.77. The lowest BCUT2D eigenvalue weighted by atomic mass is 9.96. The third-order valence-corrected chi connectivity index (χ3v) is 9.06. The van der Waals surface area contributed by atoms with Gasteiger partial charge in [0.15, 0.2) is 0 Å². The van der Waals surface area contributed by atoms with Gasteiger partial charge in [-0.25, -0.2) is 12.8 Å². The monoisotopic (exact) mass is 465 g/mol. The molecule has 1 amide bonds. The zero-order valence-electron chi connectivity index (χ0n) is 17.5. The lowest BCUT2D eigenvalue weighted by Crippen LogP contribution is -2.52. The number of thiophene rings is 1. The minimum absolute atomic E-state index is 0.126. The maximum absolute atomic E-state index is 14.0. The van der Waals surface area contributed by atoms with Crippen LogP contribution in [-0.2, 0) is 21.2 Å². The Morgan fingerprint density at radius 3 is 2.35 bits per heavy atom. The van der Waals surface area contributed by atoms with Gasteiger partial charge in [0.25, 0.3) is 0 Å². The summed E-state index contributed by atoms with van der Waals surface area (Å²) >= 11 is 1.78. The van der Waals surface area contributed by atoms with E-state index in [2.05, 4.69) is 22.4 Å². The van der Waals surface area contributed by atoms with Gasteiger partial charge in [0.05, 0.1) is 0 Å². The standard InChI is InChI=1S/C22H28FN3O3S2/c23-20-5-1-2-6-21(20)31(28,29)26-11-7-18(8-12-26)22(27)25-15-13-24(14-16-25)10-9-19-4-3-17-30-19/h1-6,17-18H,7-16H2. The van der Waals surface area contributed by atoms with Crippen molar-refractivity contribution in [3.8, 4) is 0 Å². The number of benzene rings is 1. The van der Waals surface area contributed by atoms with Crippen LogP contribution in [0.1, 0.15) is 17.7 Å². The van der Waals surface area contributed by atoms with Crippen molar-refractivity contribution in [2.24, 2.45) is 5.92 Å². The maximum atomic E-state index is 14.0. The van der Waals surface area contributed by atoms with Crippen LogP contribution in [0.25, 0.3) is 0 Å². The molecule has 0 atom stereocenters. The van der Waals surface area contributed by atoms with Crippen LogP contribution in [-0.4, -0.2) is 74.2 Å². The number of piperazine rings is 1. The van der Waals surface area contributed by atoms with Crippen LogP contribution in [0.3, 0.4) is 0 Å². The molecule has 0 radical (unpaired) electrons. The summed E-state index contributed by atoms with van der Waals surface area (Å²) < 4.78 is 40.8. The van der Waals surface area contributed by atoms with Gasteiger partial charge in [-0.2, -0.15) is 4.31 Å². The third kappa shape index (κ3) is 5.16. The highest BCUT2D eigenvalue weighted by Gasteiger charge is 2.35. The molecule has 2 aliphatic heterocycles. The van der Waals surface area contributed by atoms with Crippen molar-refractivity contribution in [1.82, 2.24) is 14.1 Å². The number of carbonyl (C=O) groups excluding carboxylic acids is 1. The number of hydrogen-bond donors (Lipinski definition) is 0. The number of nitrogens with zero attached hydrogens (tertiary/aromatic N) is 3. The van der Waals surface area contributed by atoms with Crippen molar-refractivity contribution < 1.29 is 17.6 Å². The van der Waals surface area contributed by atoms with Crippen LogP contribution in [0.15, 0.2) is 46.7 Å². The second-order valence-corrected chi connectivity index (χ2v) is 11.0. The Bertz CT molecular complexity index is 981. The Kier molecular flexibility index (Phi) is 7.05. The fourth-order valence-corrected chi connectivity index (χ4v) is 6.54. The van der Waals surface area contributed by atoms with Crippen molar-refractivity contribution >= 4 is 27.3 Å². The van der Waals surface area contributed by atoms with E-state index in [1.165, 1.54) is 27.4 Å². The highest BCUT2D eigenvalue weighted by Crippen LogP contribution is 2.26. The van der Waals surface area contributed by atoms with Gasteiger partial charge < -0.3 is 4.90 Å². The molecule has 6 nitrogen and oxygen atoms in total. The molecule has 0 saturated carbocycles. The smallest absolute Gasteiger partial charge is 0.245 e. The molecule has 1 aromatic heterocycles. The molecule has 168 valence electrons. The summed E-state index contributed by atoms with van der Waals surface area (Å²) in [5.41, 5.74) is 0. The van der Waals surface area contributed by atoms with E-state index in [9.17, 15) is 17.6 Å². The van der Waals surface area contributed by atoms with Gasteiger partial charge in [-0.1, -0.05) is 18.2 Å². The molecule has 4 rings (SSSR count). The molecule has 31 heavy (non-hydrogen) atoms. The summed E-state index contributed by atoms with van der Waals surface area (Å²) in [4.78, 5) is 18.4. The summed E-state index contributed by atoms with van der Waals surface area (Å²) in [5, 5.41) is 2.10. The molecule has 0 unspecified atom stereocenters. The van der Waals surface area contributed by atoms with Gasteiger partial charge in [-0.05, 0) is 42.8 Å². The van der Waals surface area contributed by atoms with E-state index in [1.807, 2.05) is 4.90 Å². The van der Waals surface area contributed by atoms with Crippen molar-refractivity contribution in [2.75, 3.05) is 45.8 Å². The molecule has 2 aliphatic rings. The van der Waals surface area contributed by atoms with Gasteiger partial charge in [0.1, 0.15) is 10.7 Å². The average Bonchev–Trinajstić information content (AvgIpc) is 3.32. The molecule has 3 heterocycles. The largest absolute Gasteiger partial charge is 0.340 e. The molecular weight excluding hydrogens is 437 g/mol. The van der Waals surface area contributed by atoms with Gasteiger partial charge in [-0.15, -0.1) is 11.3 Å². The van der Waals surface area contributed by atoms with E-state index >= 15 is 0 Å². The van der Waals surface area contributed by atoms with Crippen LogP contribution in [0.2, 0.25) is 0 Å². The normalized spacial score (nSPS) is 19.6. The molecule has 1 aromatic carbocycles. The lowest BCUT2D eigenvalue weighted by molar-refractivity contribution is -0.138. The molecule has 9 heteroatoms. The Morgan fingerprint density at radius 2 is 1.71 bits per heavy atom. The van der Waals surface area contributed by atoms with Gasteiger partial charge in [0, 0.05) is 56.6 Å². The number of piperidine rings is 1. The van der Waals surface area contributed by atoms with E-state index < -0.39 is 15.8 Å². The topological polar surface area (TPSA) is 60.9 Å². The first-order valence-electron chi connectivity index (χ1n) is 10.7. The summed E-state index contributed by atoms with van der Waals surface area (Å²) in [7, 11) is -3.87. The highest BCUT2D eigenvalue weighted by molar-refractivity contribution is 7.89. The van der Waals surface area contributed by atoms with Crippen LogP contribution < -0.4 is 0 Å². The van der Waals surface area contributed by atoms with Crippen LogP contribution in [0.4, 0.5) is 4.39 Å². The summed E-state index contributed by atoms with van der Waals surface area (Å²) in [5.74, 6) is -0.775. The van der Waals surface area contributed by atoms with Crippen LogP contribution in [0.5, 0.6) is 0 Å². The minimum atomic E-state index is -3.87. The van der Waals surface area contributed by atoms with Crippen LogP contribution >= 0.6 is 11.3 Å². The maximum Gasteiger partial charge on any atom is 0.245 e. The molecule has 2 fully saturated rings. The van der Waals surface area contributed by atoms with Crippen molar-refractivity contribution in [1.29, 1.82) is 0 Å². The van der Waals surface area contributed by atoms with E-state index in [0.29, 0.717) is 12.8 Å². The second-order valence-electron chi connectivity index (χ2n) is 8.11. The van der Waals surface area contributed by atoms with E-state index in [1.54, 1.807) is 11.3 Å². The summed E-state index contributed by atoms with van der Waals surface area (Å²) in [6.45, 7) is 4.68. The molecular formula is C22H28FN3O3S2. The fraction of sp³-hybridized carbons (Fsp3) is 0.500. The Hall–Kier alpha value is -1.81. The number of sulfonamides is 1. The Morgan fingerprint density at radius 1 is 1.00 bits per heavy atom. The van der Waals surface area contributed by atoms with Crippen LogP contribution in [0, 0.1) is 11.7 Å². The van der Waals surface area contributed by atoms with Crippen molar-refractivity contribution in [3.63, 3.8) is 0 Å². The summed E-state index contributed by atoms with van der Waals surface area (Å²) in [6, 6.07) is 9.67. The predicted octanol–water partition coefficient (Wildman–Crippen LogP) is 2.67. The van der Waals surface area contributed by atoms with Gasteiger partial charge in [0.2, 0.25) is 15.9 Å². The van der Waals surface area contributed by atoms with Gasteiger partial charge in [-0.3, -0.25) is 9.69 Å². The van der Waals surface area contributed by atoms with E-state index in [-0.39, 0.29) is 29.8 Å². The predicted molar refractivity (Wildman–Crippen MR) is 119 cm³/mol. The molecule has 0 aliphatic carbocycles. The minimum Gasteiger partial charge on any atom is -0.340 e.